The zero-order chi connectivity index (χ0) is 14.0. The van der Waals surface area contributed by atoms with Crippen molar-refractivity contribution in [2.45, 2.75) is 31.6 Å². The van der Waals surface area contributed by atoms with E-state index in [0.717, 1.165) is 0 Å². The van der Waals surface area contributed by atoms with E-state index < -0.39 is 11.6 Å². The highest BCUT2D eigenvalue weighted by molar-refractivity contribution is 9.10. The first-order valence-corrected chi connectivity index (χ1v) is 6.91. The number of hydrogen-bond acceptors (Lipinski definition) is 3. The summed E-state index contributed by atoms with van der Waals surface area (Å²) in [6.45, 7) is 2.50. The molecule has 1 aliphatic rings. The molecule has 0 radical (unpaired) electrons. The van der Waals surface area contributed by atoms with E-state index in [9.17, 15) is 8.78 Å². The Hall–Kier alpha value is -0.720. The Morgan fingerprint density at radius 3 is 2.53 bits per heavy atom. The minimum absolute atomic E-state index is 0.0194. The third-order valence-corrected chi connectivity index (χ3v) is 3.70. The molecular weight excluding hydrogens is 320 g/mol. The first-order chi connectivity index (χ1) is 9.06. The van der Waals surface area contributed by atoms with E-state index in [-0.39, 0.29) is 23.9 Å². The molecule has 0 heterocycles. The monoisotopic (exact) mass is 335 g/mol. The van der Waals surface area contributed by atoms with Crippen LogP contribution in [0, 0.1) is 11.6 Å². The Morgan fingerprint density at radius 1 is 1.37 bits per heavy atom. The van der Waals surface area contributed by atoms with Crippen LogP contribution in [0.4, 0.5) is 14.5 Å². The van der Waals surface area contributed by atoms with Crippen LogP contribution in [0.1, 0.15) is 13.3 Å². The Balaban J connectivity index is 2.07. The average molecular weight is 336 g/mol. The summed E-state index contributed by atoms with van der Waals surface area (Å²) in [5, 5.41) is 2.86. The summed E-state index contributed by atoms with van der Waals surface area (Å²) in [6.07, 6.45) is 0.456. The minimum atomic E-state index is -0.624. The molecular formula is C13H16BrF2NO2. The van der Waals surface area contributed by atoms with Crippen molar-refractivity contribution in [3.8, 4) is 0 Å². The Kier molecular flexibility index (Phi) is 4.76. The van der Waals surface area contributed by atoms with Gasteiger partial charge in [0.1, 0.15) is 23.4 Å². The van der Waals surface area contributed by atoms with Gasteiger partial charge in [-0.3, -0.25) is 0 Å². The fourth-order valence-corrected chi connectivity index (χ4v) is 2.68. The quantitative estimate of drug-likeness (QED) is 0.895. The van der Waals surface area contributed by atoms with Gasteiger partial charge in [0.25, 0.3) is 0 Å². The molecule has 0 bridgehead atoms. The maximum Gasteiger partial charge on any atom is 0.150 e. The third kappa shape index (κ3) is 3.07. The first kappa shape index (κ1) is 14.7. The van der Waals surface area contributed by atoms with Crippen LogP contribution in [-0.4, -0.2) is 32.0 Å². The third-order valence-electron chi connectivity index (χ3n) is 3.24. The van der Waals surface area contributed by atoms with Crippen molar-refractivity contribution in [3.05, 3.63) is 28.2 Å². The first-order valence-electron chi connectivity index (χ1n) is 6.12. The number of hydrogen-bond donors (Lipinski definition) is 1. The molecule has 1 aromatic carbocycles. The lowest BCUT2D eigenvalue weighted by Crippen LogP contribution is -2.57. The van der Waals surface area contributed by atoms with Gasteiger partial charge in [-0.25, -0.2) is 8.78 Å². The van der Waals surface area contributed by atoms with Gasteiger partial charge in [0, 0.05) is 18.2 Å². The van der Waals surface area contributed by atoms with Gasteiger partial charge in [-0.2, -0.15) is 0 Å². The number of anilines is 1. The highest BCUT2D eigenvalue weighted by Crippen LogP contribution is 2.32. The number of rotatable bonds is 5. The molecule has 0 aliphatic heterocycles. The lowest BCUT2D eigenvalue weighted by molar-refractivity contribution is -0.118. The van der Waals surface area contributed by atoms with Gasteiger partial charge >= 0.3 is 0 Å². The van der Waals surface area contributed by atoms with E-state index in [0.29, 0.717) is 17.5 Å². The van der Waals surface area contributed by atoms with E-state index in [4.69, 9.17) is 9.47 Å². The van der Waals surface area contributed by atoms with E-state index in [1.807, 2.05) is 6.92 Å². The number of nitrogens with one attached hydrogen (secondary N) is 1. The van der Waals surface area contributed by atoms with Gasteiger partial charge in [0.15, 0.2) is 0 Å². The van der Waals surface area contributed by atoms with Crippen LogP contribution in [0.3, 0.4) is 0 Å². The molecule has 1 aliphatic carbocycles. The van der Waals surface area contributed by atoms with E-state index >= 15 is 0 Å². The predicted octanol–water partition coefficient (Wildman–Crippen LogP) is 3.33. The van der Waals surface area contributed by atoms with E-state index in [2.05, 4.69) is 21.2 Å². The largest absolute Gasteiger partial charge is 0.377 e. The normalized spacial score (nSPS) is 26.1. The minimum Gasteiger partial charge on any atom is -0.377 e. The van der Waals surface area contributed by atoms with Gasteiger partial charge in [-0.05, 0) is 25.5 Å². The maximum atomic E-state index is 13.7. The molecule has 6 heteroatoms. The van der Waals surface area contributed by atoms with Crippen LogP contribution >= 0.6 is 15.9 Å². The second kappa shape index (κ2) is 6.15. The van der Waals surface area contributed by atoms with Crippen LogP contribution in [0.5, 0.6) is 0 Å². The van der Waals surface area contributed by atoms with Crippen molar-refractivity contribution in [2.24, 2.45) is 0 Å². The van der Waals surface area contributed by atoms with Crippen molar-refractivity contribution in [2.75, 3.05) is 19.0 Å². The molecule has 1 saturated carbocycles. The zero-order valence-corrected chi connectivity index (χ0v) is 12.3. The Labute approximate surface area is 119 Å². The summed E-state index contributed by atoms with van der Waals surface area (Å²) in [6, 6.07) is 2.31. The van der Waals surface area contributed by atoms with E-state index in [1.54, 1.807) is 7.11 Å². The molecule has 0 amide bonds. The molecule has 2 rings (SSSR count). The molecule has 3 nitrogen and oxygen atoms in total. The standard InChI is InChI=1S/C13H16BrF2NO2/c1-3-19-11-6-10(13(11)18-2)17-12-8(15)4-7(14)5-9(12)16/h4-5,10-11,13,17H,3,6H2,1-2H3. The second-order valence-corrected chi connectivity index (χ2v) is 5.34. The molecule has 0 aromatic heterocycles. The van der Waals surface area contributed by atoms with Gasteiger partial charge in [-0.1, -0.05) is 15.9 Å². The van der Waals surface area contributed by atoms with Crippen molar-refractivity contribution < 1.29 is 18.3 Å². The predicted molar refractivity (Wildman–Crippen MR) is 72.3 cm³/mol. The summed E-state index contributed by atoms with van der Waals surface area (Å²) >= 11 is 3.05. The second-order valence-electron chi connectivity index (χ2n) is 4.43. The van der Waals surface area contributed by atoms with Crippen molar-refractivity contribution in [3.63, 3.8) is 0 Å². The lowest BCUT2D eigenvalue weighted by Gasteiger charge is -2.43. The fraction of sp³-hybridized carbons (Fsp3) is 0.538. The number of ether oxygens (including phenoxy) is 2. The molecule has 0 saturated heterocycles. The number of halogens is 3. The Morgan fingerprint density at radius 2 is 2.00 bits per heavy atom. The topological polar surface area (TPSA) is 30.5 Å². The fourth-order valence-electron chi connectivity index (χ4n) is 2.28. The van der Waals surface area contributed by atoms with Crippen LogP contribution in [0.2, 0.25) is 0 Å². The van der Waals surface area contributed by atoms with Gasteiger partial charge in [-0.15, -0.1) is 0 Å². The van der Waals surface area contributed by atoms with Crippen LogP contribution in [-0.2, 0) is 9.47 Å². The Bertz CT molecular complexity index is 435. The molecule has 19 heavy (non-hydrogen) atoms. The molecule has 1 N–H and O–H groups in total. The van der Waals surface area contributed by atoms with E-state index in [1.165, 1.54) is 12.1 Å². The zero-order valence-electron chi connectivity index (χ0n) is 10.8. The van der Waals surface area contributed by atoms with Crippen LogP contribution in [0.15, 0.2) is 16.6 Å². The number of benzene rings is 1. The summed E-state index contributed by atoms with van der Waals surface area (Å²) < 4.78 is 38.5. The van der Waals surface area contributed by atoms with Gasteiger partial charge in [0.05, 0.1) is 12.1 Å². The highest BCUT2D eigenvalue weighted by Gasteiger charge is 2.42. The van der Waals surface area contributed by atoms with Crippen molar-refractivity contribution >= 4 is 21.6 Å². The number of methoxy groups -OCH3 is 1. The summed E-state index contributed by atoms with van der Waals surface area (Å²) in [7, 11) is 1.57. The van der Waals surface area contributed by atoms with Gasteiger partial charge in [0.2, 0.25) is 0 Å². The summed E-state index contributed by atoms with van der Waals surface area (Å²) in [4.78, 5) is 0. The van der Waals surface area contributed by atoms with Crippen LogP contribution < -0.4 is 5.32 Å². The summed E-state index contributed by atoms with van der Waals surface area (Å²) in [5.74, 6) is -1.25. The molecule has 1 aromatic rings. The lowest BCUT2D eigenvalue weighted by atomic mass is 9.85. The smallest absolute Gasteiger partial charge is 0.150 e. The molecule has 0 spiro atoms. The SMILES string of the molecule is CCOC1CC(Nc2c(F)cc(Br)cc2F)C1OC. The maximum absolute atomic E-state index is 13.7. The molecule has 106 valence electrons. The molecule has 1 fully saturated rings. The van der Waals surface area contributed by atoms with Crippen molar-refractivity contribution in [1.29, 1.82) is 0 Å². The highest BCUT2D eigenvalue weighted by atomic mass is 79.9. The summed E-state index contributed by atoms with van der Waals surface area (Å²) in [5.41, 5.74) is -0.120. The van der Waals surface area contributed by atoms with Crippen molar-refractivity contribution in [1.82, 2.24) is 0 Å². The molecule has 3 atom stereocenters. The molecule has 3 unspecified atom stereocenters. The van der Waals surface area contributed by atoms with Gasteiger partial charge < -0.3 is 14.8 Å². The van der Waals surface area contributed by atoms with Crippen LogP contribution in [0.25, 0.3) is 0 Å². The average Bonchev–Trinajstić information content (AvgIpc) is 2.31.